The highest BCUT2D eigenvalue weighted by Crippen LogP contribution is 2.22. The first-order chi connectivity index (χ1) is 6.59. The average Bonchev–Trinajstić information content (AvgIpc) is 2.48. The molecule has 0 fully saturated rings. The lowest BCUT2D eigenvalue weighted by Gasteiger charge is -1.99. The van der Waals surface area contributed by atoms with Crippen LogP contribution in [0.3, 0.4) is 0 Å². The maximum atomic E-state index is 10.8. The summed E-state index contributed by atoms with van der Waals surface area (Å²) in [6.07, 6.45) is 1.74. The second-order valence-electron chi connectivity index (χ2n) is 2.96. The van der Waals surface area contributed by atoms with E-state index in [0.717, 1.165) is 14.5 Å². The van der Waals surface area contributed by atoms with Crippen molar-refractivity contribution in [3.63, 3.8) is 0 Å². The number of halogens is 1. The third-order valence-corrected chi connectivity index (χ3v) is 2.96. The SMILES string of the molecule is Cn1ncc2c(I)cc(C(=O)O)cc21. The van der Waals surface area contributed by atoms with Crippen LogP contribution >= 0.6 is 22.6 Å². The fourth-order valence-corrected chi connectivity index (χ4v) is 2.08. The fraction of sp³-hybridized carbons (Fsp3) is 0.111. The molecule has 1 aromatic heterocycles. The minimum absolute atomic E-state index is 0.297. The van der Waals surface area contributed by atoms with Crippen LogP contribution in [0.15, 0.2) is 18.3 Å². The van der Waals surface area contributed by atoms with Gasteiger partial charge in [0.25, 0.3) is 0 Å². The maximum Gasteiger partial charge on any atom is 0.335 e. The molecule has 0 saturated heterocycles. The van der Waals surface area contributed by atoms with Crippen molar-refractivity contribution in [1.82, 2.24) is 9.78 Å². The number of hydrogen-bond donors (Lipinski definition) is 1. The van der Waals surface area contributed by atoms with Gasteiger partial charge in [-0.25, -0.2) is 4.79 Å². The van der Waals surface area contributed by atoms with E-state index in [2.05, 4.69) is 27.7 Å². The van der Waals surface area contributed by atoms with E-state index in [-0.39, 0.29) is 0 Å². The van der Waals surface area contributed by atoms with E-state index in [9.17, 15) is 4.79 Å². The molecule has 0 bridgehead atoms. The highest BCUT2D eigenvalue weighted by Gasteiger charge is 2.09. The number of carboxylic acid groups (broad SMARTS) is 1. The van der Waals surface area contributed by atoms with Crippen molar-refractivity contribution < 1.29 is 9.90 Å². The third-order valence-electron chi connectivity index (χ3n) is 2.06. The van der Waals surface area contributed by atoms with E-state index < -0.39 is 5.97 Å². The Morgan fingerprint density at radius 3 is 2.93 bits per heavy atom. The van der Waals surface area contributed by atoms with Gasteiger partial charge in [0.05, 0.1) is 17.3 Å². The first-order valence-electron chi connectivity index (χ1n) is 3.94. The van der Waals surface area contributed by atoms with Crippen molar-refractivity contribution in [3.8, 4) is 0 Å². The van der Waals surface area contributed by atoms with Gasteiger partial charge in [-0.05, 0) is 34.7 Å². The van der Waals surface area contributed by atoms with Crippen LogP contribution in [0.4, 0.5) is 0 Å². The topological polar surface area (TPSA) is 55.1 Å². The Morgan fingerprint density at radius 2 is 2.29 bits per heavy atom. The molecule has 1 heterocycles. The molecule has 0 radical (unpaired) electrons. The van der Waals surface area contributed by atoms with Gasteiger partial charge in [-0.2, -0.15) is 5.10 Å². The van der Waals surface area contributed by atoms with Crippen LogP contribution in [-0.4, -0.2) is 20.9 Å². The van der Waals surface area contributed by atoms with Crippen LogP contribution in [0, 0.1) is 3.57 Å². The zero-order valence-corrected chi connectivity index (χ0v) is 9.52. The van der Waals surface area contributed by atoms with E-state index in [1.54, 1.807) is 30.1 Å². The summed E-state index contributed by atoms with van der Waals surface area (Å²) in [6, 6.07) is 3.28. The molecular weight excluding hydrogens is 295 g/mol. The molecule has 0 atom stereocenters. The van der Waals surface area contributed by atoms with Crippen LogP contribution in [0.1, 0.15) is 10.4 Å². The number of carbonyl (C=O) groups is 1. The fourth-order valence-electron chi connectivity index (χ4n) is 1.33. The van der Waals surface area contributed by atoms with Crippen LogP contribution in [0.2, 0.25) is 0 Å². The van der Waals surface area contributed by atoms with Crippen LogP contribution in [-0.2, 0) is 7.05 Å². The van der Waals surface area contributed by atoms with Crippen molar-refractivity contribution in [2.75, 3.05) is 0 Å². The lowest BCUT2D eigenvalue weighted by atomic mass is 10.2. The zero-order chi connectivity index (χ0) is 10.3. The molecule has 2 aromatic rings. The highest BCUT2D eigenvalue weighted by molar-refractivity contribution is 14.1. The minimum Gasteiger partial charge on any atom is -0.478 e. The van der Waals surface area contributed by atoms with Gasteiger partial charge in [-0.15, -0.1) is 0 Å². The Labute approximate surface area is 93.7 Å². The molecule has 0 unspecified atom stereocenters. The van der Waals surface area contributed by atoms with Crippen molar-refractivity contribution in [2.24, 2.45) is 7.05 Å². The van der Waals surface area contributed by atoms with Gasteiger partial charge in [0, 0.05) is 16.0 Å². The number of benzene rings is 1. The van der Waals surface area contributed by atoms with E-state index in [1.165, 1.54) is 0 Å². The Kier molecular flexibility index (Phi) is 2.18. The Balaban J connectivity index is 2.82. The van der Waals surface area contributed by atoms with Crippen LogP contribution in [0.25, 0.3) is 10.9 Å². The van der Waals surface area contributed by atoms with Crippen LogP contribution in [0.5, 0.6) is 0 Å². The van der Waals surface area contributed by atoms with E-state index in [1.807, 2.05) is 0 Å². The summed E-state index contributed by atoms with van der Waals surface area (Å²) in [5.74, 6) is -0.911. The number of rotatable bonds is 1. The first kappa shape index (κ1) is 9.45. The maximum absolute atomic E-state index is 10.8. The van der Waals surface area contributed by atoms with Gasteiger partial charge in [-0.1, -0.05) is 0 Å². The molecular formula is C9H7IN2O2. The van der Waals surface area contributed by atoms with Crippen LogP contribution < -0.4 is 0 Å². The standard InChI is InChI=1S/C9H7IN2O2/c1-12-8-3-5(9(13)14)2-7(10)6(8)4-11-12/h2-4H,1H3,(H,13,14). The highest BCUT2D eigenvalue weighted by atomic mass is 127. The molecule has 0 aliphatic carbocycles. The number of aryl methyl sites for hydroxylation is 1. The second kappa shape index (κ2) is 3.23. The lowest BCUT2D eigenvalue weighted by Crippen LogP contribution is -1.98. The number of aromatic nitrogens is 2. The summed E-state index contributed by atoms with van der Waals surface area (Å²) in [5, 5.41) is 13.9. The molecule has 4 nitrogen and oxygen atoms in total. The molecule has 2 rings (SSSR count). The molecule has 0 spiro atoms. The predicted molar refractivity (Wildman–Crippen MR) is 60.4 cm³/mol. The summed E-state index contributed by atoms with van der Waals surface area (Å²) in [7, 11) is 1.80. The summed E-state index contributed by atoms with van der Waals surface area (Å²) in [5.41, 5.74) is 1.14. The van der Waals surface area contributed by atoms with Crippen molar-refractivity contribution in [3.05, 3.63) is 27.5 Å². The predicted octanol–water partition coefficient (Wildman–Crippen LogP) is 1.88. The summed E-state index contributed by atoms with van der Waals surface area (Å²) < 4.78 is 2.58. The van der Waals surface area contributed by atoms with E-state index in [4.69, 9.17) is 5.11 Å². The normalized spacial score (nSPS) is 10.7. The largest absolute Gasteiger partial charge is 0.478 e. The second-order valence-corrected chi connectivity index (χ2v) is 4.13. The summed E-state index contributed by atoms with van der Waals surface area (Å²) in [6.45, 7) is 0. The van der Waals surface area contributed by atoms with Crippen molar-refractivity contribution >= 4 is 39.5 Å². The number of hydrogen-bond acceptors (Lipinski definition) is 2. The Morgan fingerprint density at radius 1 is 1.57 bits per heavy atom. The van der Waals surface area contributed by atoms with Crippen molar-refractivity contribution in [2.45, 2.75) is 0 Å². The molecule has 1 aromatic carbocycles. The van der Waals surface area contributed by atoms with Gasteiger partial charge in [0.1, 0.15) is 0 Å². The molecule has 0 aliphatic heterocycles. The number of fused-ring (bicyclic) bond motifs is 1. The summed E-state index contributed by atoms with van der Waals surface area (Å²) in [4.78, 5) is 10.8. The van der Waals surface area contributed by atoms with E-state index in [0.29, 0.717) is 5.56 Å². The smallest absolute Gasteiger partial charge is 0.335 e. The molecule has 5 heteroatoms. The minimum atomic E-state index is -0.911. The molecule has 1 N–H and O–H groups in total. The molecule has 14 heavy (non-hydrogen) atoms. The zero-order valence-electron chi connectivity index (χ0n) is 7.36. The Hall–Kier alpha value is -1.11. The molecule has 72 valence electrons. The molecule has 0 amide bonds. The average molecular weight is 302 g/mol. The number of carboxylic acids is 1. The van der Waals surface area contributed by atoms with Gasteiger partial charge in [0.15, 0.2) is 0 Å². The number of nitrogens with zero attached hydrogens (tertiary/aromatic N) is 2. The lowest BCUT2D eigenvalue weighted by molar-refractivity contribution is 0.0697. The van der Waals surface area contributed by atoms with E-state index >= 15 is 0 Å². The van der Waals surface area contributed by atoms with Crippen molar-refractivity contribution in [1.29, 1.82) is 0 Å². The monoisotopic (exact) mass is 302 g/mol. The van der Waals surface area contributed by atoms with Gasteiger partial charge < -0.3 is 5.11 Å². The van der Waals surface area contributed by atoms with Gasteiger partial charge in [-0.3, -0.25) is 4.68 Å². The molecule has 0 saturated carbocycles. The van der Waals surface area contributed by atoms with Gasteiger partial charge >= 0.3 is 5.97 Å². The Bertz CT molecular complexity index is 519. The number of aromatic carboxylic acids is 1. The molecule has 0 aliphatic rings. The van der Waals surface area contributed by atoms with Gasteiger partial charge in [0.2, 0.25) is 0 Å². The third kappa shape index (κ3) is 1.37. The first-order valence-corrected chi connectivity index (χ1v) is 5.02. The quantitative estimate of drug-likeness (QED) is 0.818. The summed E-state index contributed by atoms with van der Waals surface area (Å²) >= 11 is 2.11.